The lowest BCUT2D eigenvalue weighted by Crippen LogP contribution is -2.57. The number of nitrogen functional groups attached to an aromatic ring is 1. The maximum absolute atomic E-state index is 13.6. The monoisotopic (exact) mass is 515 g/mol. The van der Waals surface area contributed by atoms with E-state index in [-0.39, 0.29) is 31.0 Å². The molecule has 37 heavy (non-hydrogen) atoms. The van der Waals surface area contributed by atoms with Crippen molar-refractivity contribution in [2.75, 3.05) is 17.3 Å². The summed E-state index contributed by atoms with van der Waals surface area (Å²) in [5.41, 5.74) is 11.9. The van der Waals surface area contributed by atoms with Crippen LogP contribution in [0.4, 0.5) is 20.2 Å². The fourth-order valence-electron chi connectivity index (χ4n) is 5.71. The third-order valence-electron chi connectivity index (χ3n) is 8.01. The van der Waals surface area contributed by atoms with Gasteiger partial charge in [-0.1, -0.05) is 58.1 Å². The molecule has 0 bridgehead atoms. The second-order valence-corrected chi connectivity index (χ2v) is 10.8. The van der Waals surface area contributed by atoms with Crippen molar-refractivity contribution in [1.29, 1.82) is 0 Å². The molecule has 7 heteroatoms. The number of hydrazine groups is 1. The third kappa shape index (κ3) is 7.81. The van der Waals surface area contributed by atoms with Gasteiger partial charge in [0.2, 0.25) is 5.92 Å². The molecular weight excluding hydrogens is 468 g/mol. The van der Waals surface area contributed by atoms with Gasteiger partial charge in [0.15, 0.2) is 0 Å². The Hall–Kier alpha value is -2.38. The minimum Gasteiger partial charge on any atom is -0.397 e. The summed E-state index contributed by atoms with van der Waals surface area (Å²) in [7, 11) is 0. The van der Waals surface area contributed by atoms with Crippen LogP contribution in [0.5, 0.6) is 0 Å². The number of benzene rings is 1. The van der Waals surface area contributed by atoms with Crippen molar-refractivity contribution in [2.24, 2.45) is 5.84 Å². The molecule has 0 aliphatic heterocycles. The summed E-state index contributed by atoms with van der Waals surface area (Å²) in [5.74, 6) is 4.21. The molecule has 2 saturated carbocycles. The van der Waals surface area contributed by atoms with E-state index < -0.39 is 5.92 Å². The van der Waals surface area contributed by atoms with E-state index in [1.165, 1.54) is 0 Å². The van der Waals surface area contributed by atoms with Gasteiger partial charge in [-0.2, -0.15) is 0 Å². The van der Waals surface area contributed by atoms with Crippen LogP contribution in [-0.2, 0) is 0 Å². The number of unbranched alkanes of at least 4 members (excludes halogenated alkanes) is 1. The Balaban J connectivity index is 1.68. The van der Waals surface area contributed by atoms with Gasteiger partial charge in [-0.3, -0.25) is 0 Å². The van der Waals surface area contributed by atoms with Crippen LogP contribution in [0.3, 0.4) is 0 Å². The first-order valence-electron chi connectivity index (χ1n) is 14.0. The largest absolute Gasteiger partial charge is 0.397 e. The Kier molecular flexibility index (Phi) is 10.6. The van der Waals surface area contributed by atoms with Crippen LogP contribution in [0, 0.1) is 0 Å². The van der Waals surface area contributed by atoms with Gasteiger partial charge in [0.05, 0.1) is 17.4 Å². The summed E-state index contributed by atoms with van der Waals surface area (Å²) in [6.45, 7) is 15.4. The van der Waals surface area contributed by atoms with Crippen molar-refractivity contribution < 1.29 is 8.78 Å². The Morgan fingerprint density at radius 1 is 1.14 bits per heavy atom. The number of hydrogen-bond acceptors (Lipinski definition) is 5. The zero-order valence-corrected chi connectivity index (χ0v) is 22.6. The Morgan fingerprint density at radius 2 is 1.84 bits per heavy atom. The van der Waals surface area contributed by atoms with Crippen molar-refractivity contribution in [3.8, 4) is 0 Å². The van der Waals surface area contributed by atoms with E-state index in [0.717, 1.165) is 86.0 Å². The summed E-state index contributed by atoms with van der Waals surface area (Å²) in [6.07, 6.45) is 10.8. The highest BCUT2D eigenvalue weighted by atomic mass is 19.3. The molecule has 1 aromatic carbocycles. The highest BCUT2D eigenvalue weighted by Crippen LogP contribution is 2.37. The molecule has 2 aliphatic carbocycles. The van der Waals surface area contributed by atoms with E-state index in [1.807, 2.05) is 12.1 Å². The predicted octanol–water partition coefficient (Wildman–Crippen LogP) is 6.77. The van der Waals surface area contributed by atoms with E-state index >= 15 is 0 Å². The molecule has 1 aromatic rings. The molecule has 2 unspecified atom stereocenters. The van der Waals surface area contributed by atoms with Gasteiger partial charge in [0.1, 0.15) is 0 Å². The third-order valence-corrected chi connectivity index (χ3v) is 8.01. The molecule has 0 radical (unpaired) electrons. The lowest BCUT2D eigenvalue weighted by molar-refractivity contribution is -0.0417. The van der Waals surface area contributed by atoms with Gasteiger partial charge in [-0.05, 0) is 62.1 Å². The maximum atomic E-state index is 13.6. The first-order chi connectivity index (χ1) is 17.7. The molecular formula is C30H47F2N5. The van der Waals surface area contributed by atoms with Crippen LogP contribution in [0.1, 0.15) is 95.1 Å². The van der Waals surface area contributed by atoms with E-state index in [2.05, 4.69) is 37.3 Å². The van der Waals surface area contributed by atoms with E-state index in [0.29, 0.717) is 18.5 Å². The average molecular weight is 516 g/mol. The Morgan fingerprint density at radius 3 is 2.51 bits per heavy atom. The van der Waals surface area contributed by atoms with Crippen molar-refractivity contribution in [1.82, 2.24) is 10.6 Å². The molecule has 6 N–H and O–H groups in total. The minimum absolute atomic E-state index is 0.0439. The number of allylic oxidation sites excluding steroid dienone is 1. The fourth-order valence-corrected chi connectivity index (χ4v) is 5.71. The van der Waals surface area contributed by atoms with E-state index in [4.69, 9.17) is 11.6 Å². The molecule has 0 heterocycles. The summed E-state index contributed by atoms with van der Waals surface area (Å²) < 4.78 is 27.3. The molecule has 0 spiro atoms. The summed E-state index contributed by atoms with van der Waals surface area (Å²) in [4.78, 5) is 0. The number of nitrogens with zero attached hydrogens (tertiary/aromatic N) is 1. The molecule has 3 rings (SSSR count). The molecule has 2 aliphatic rings. The van der Waals surface area contributed by atoms with Gasteiger partial charge >= 0.3 is 0 Å². The highest BCUT2D eigenvalue weighted by Gasteiger charge is 2.37. The van der Waals surface area contributed by atoms with Crippen LogP contribution in [0.25, 0.3) is 11.6 Å². The summed E-state index contributed by atoms with van der Waals surface area (Å²) >= 11 is 0. The molecule has 2 atom stereocenters. The van der Waals surface area contributed by atoms with Crippen molar-refractivity contribution in [3.63, 3.8) is 0 Å². The standard InChI is InChI=1S/C30H47F2N5/c1-5-7-10-22(4)35-20-17-21(3)25-13-14-28(29(33)24(25)6-2)37(34)27-12-9-8-11-26(27)36-23-15-18-30(31,32)19-16-23/h6,13-14,23,26-27,35-36H,2-5,7-12,15-20,33-34H2,1H3. The second-order valence-electron chi connectivity index (χ2n) is 10.8. The number of nitrogens with one attached hydrogen (secondary N) is 2. The quantitative estimate of drug-likeness (QED) is 0.132. The number of rotatable bonds is 13. The minimum atomic E-state index is -2.52. The van der Waals surface area contributed by atoms with Crippen LogP contribution >= 0.6 is 0 Å². The van der Waals surface area contributed by atoms with Crippen LogP contribution in [-0.4, -0.2) is 30.6 Å². The summed E-state index contributed by atoms with van der Waals surface area (Å²) in [6, 6.07) is 4.30. The molecule has 2 fully saturated rings. The normalized spacial score (nSPS) is 21.8. The van der Waals surface area contributed by atoms with Gasteiger partial charge in [0.25, 0.3) is 0 Å². The molecule has 5 nitrogen and oxygen atoms in total. The number of nitrogens with two attached hydrogens (primary N) is 2. The molecule has 0 amide bonds. The second kappa shape index (κ2) is 13.4. The first-order valence-corrected chi connectivity index (χ1v) is 14.0. The Labute approximate surface area is 222 Å². The molecule has 0 saturated heterocycles. The van der Waals surface area contributed by atoms with E-state index in [1.54, 1.807) is 11.1 Å². The van der Waals surface area contributed by atoms with Gasteiger partial charge in [-0.15, -0.1) is 0 Å². The van der Waals surface area contributed by atoms with Gasteiger partial charge < -0.3 is 21.4 Å². The maximum Gasteiger partial charge on any atom is 0.248 e. The van der Waals surface area contributed by atoms with Gasteiger partial charge in [-0.25, -0.2) is 14.6 Å². The molecule has 206 valence electrons. The van der Waals surface area contributed by atoms with Crippen LogP contribution < -0.4 is 27.2 Å². The lowest BCUT2D eigenvalue weighted by Gasteiger charge is -2.42. The summed E-state index contributed by atoms with van der Waals surface area (Å²) in [5, 5.41) is 8.87. The fraction of sp³-hybridized carbons (Fsp3) is 0.600. The first kappa shape index (κ1) is 29.2. The number of halogens is 2. The average Bonchev–Trinajstić information content (AvgIpc) is 2.88. The Bertz CT molecular complexity index is 934. The SMILES string of the molecule is C=Cc1c(C(=C)CCNC(=C)CCCC)ccc(N(N)C2CCCCC2NC2CCC(F)(F)CC2)c1N. The number of anilines is 2. The van der Waals surface area contributed by atoms with Crippen LogP contribution in [0.15, 0.2) is 37.6 Å². The zero-order chi connectivity index (χ0) is 27.0. The highest BCUT2D eigenvalue weighted by molar-refractivity contribution is 5.86. The van der Waals surface area contributed by atoms with Crippen molar-refractivity contribution in [2.45, 2.75) is 108 Å². The molecule has 0 aromatic heterocycles. The topological polar surface area (TPSA) is 79.3 Å². The van der Waals surface area contributed by atoms with Crippen molar-refractivity contribution >= 4 is 23.0 Å². The zero-order valence-electron chi connectivity index (χ0n) is 22.6. The van der Waals surface area contributed by atoms with Crippen LogP contribution in [0.2, 0.25) is 0 Å². The number of alkyl halides is 2. The van der Waals surface area contributed by atoms with Crippen molar-refractivity contribution in [3.05, 3.63) is 48.7 Å². The van der Waals surface area contributed by atoms with E-state index in [9.17, 15) is 8.78 Å². The number of hydrogen-bond donors (Lipinski definition) is 4. The predicted molar refractivity (Wildman–Crippen MR) is 154 cm³/mol. The lowest BCUT2D eigenvalue weighted by atomic mass is 9.86. The smallest absolute Gasteiger partial charge is 0.248 e. The van der Waals surface area contributed by atoms with Gasteiger partial charge in [0, 0.05) is 42.7 Å².